The molecule has 0 bridgehead atoms. The van der Waals surface area contributed by atoms with Gasteiger partial charge in [-0.2, -0.15) is 0 Å². The lowest BCUT2D eigenvalue weighted by atomic mass is 10.1. The molecule has 0 atom stereocenters. The van der Waals surface area contributed by atoms with Crippen molar-refractivity contribution in [2.45, 2.75) is 31.7 Å². The zero-order valence-electron chi connectivity index (χ0n) is 12.3. The van der Waals surface area contributed by atoms with Crippen LogP contribution in [0.3, 0.4) is 0 Å². The number of nitrogens with two attached hydrogens (primary N) is 1. The molecule has 5 heteroatoms. The SMILES string of the molecule is CCSc1cccc(NCc2sccc2CC)c1C(N)=S. The maximum atomic E-state index is 5.93. The van der Waals surface area contributed by atoms with Crippen molar-refractivity contribution in [1.29, 1.82) is 0 Å². The standard InChI is InChI=1S/C16H20N2S3/c1-3-11-8-9-21-14(11)10-18-12-6-5-7-13(20-4-2)15(12)16(17)19/h5-9,18H,3-4,10H2,1-2H3,(H2,17,19). The quantitative estimate of drug-likeness (QED) is 0.569. The van der Waals surface area contributed by atoms with Gasteiger partial charge in [0.05, 0.1) is 0 Å². The number of benzene rings is 1. The number of aryl methyl sites for hydroxylation is 1. The fraction of sp³-hybridized carbons (Fsp3) is 0.312. The first-order valence-electron chi connectivity index (χ1n) is 7.02. The summed E-state index contributed by atoms with van der Waals surface area (Å²) in [7, 11) is 0. The molecule has 0 aliphatic carbocycles. The van der Waals surface area contributed by atoms with Crippen molar-refractivity contribution in [1.82, 2.24) is 0 Å². The summed E-state index contributed by atoms with van der Waals surface area (Å²) < 4.78 is 0. The molecule has 112 valence electrons. The Labute approximate surface area is 140 Å². The summed E-state index contributed by atoms with van der Waals surface area (Å²) in [5, 5.41) is 5.65. The Bertz CT molecular complexity index is 620. The summed E-state index contributed by atoms with van der Waals surface area (Å²) in [5.74, 6) is 1.00. The van der Waals surface area contributed by atoms with Gasteiger partial charge in [0.1, 0.15) is 4.99 Å². The molecule has 0 radical (unpaired) electrons. The van der Waals surface area contributed by atoms with E-state index < -0.39 is 0 Å². The molecule has 2 rings (SSSR count). The average molecular weight is 337 g/mol. The van der Waals surface area contributed by atoms with Gasteiger partial charge in [-0.25, -0.2) is 0 Å². The highest BCUT2D eigenvalue weighted by Gasteiger charge is 2.11. The van der Waals surface area contributed by atoms with E-state index in [9.17, 15) is 0 Å². The van der Waals surface area contributed by atoms with Crippen LogP contribution in [0.5, 0.6) is 0 Å². The van der Waals surface area contributed by atoms with Crippen molar-refractivity contribution in [3.05, 3.63) is 45.6 Å². The Morgan fingerprint density at radius 2 is 2.14 bits per heavy atom. The van der Waals surface area contributed by atoms with E-state index in [1.807, 2.05) is 6.07 Å². The van der Waals surface area contributed by atoms with Gasteiger partial charge >= 0.3 is 0 Å². The van der Waals surface area contributed by atoms with Crippen LogP contribution in [0.2, 0.25) is 0 Å². The van der Waals surface area contributed by atoms with Crippen LogP contribution in [0, 0.1) is 0 Å². The Hall–Kier alpha value is -1.04. The summed E-state index contributed by atoms with van der Waals surface area (Å²) in [6.07, 6.45) is 1.06. The minimum Gasteiger partial charge on any atom is -0.389 e. The van der Waals surface area contributed by atoms with Crippen molar-refractivity contribution in [2.75, 3.05) is 11.1 Å². The molecule has 21 heavy (non-hydrogen) atoms. The summed E-state index contributed by atoms with van der Waals surface area (Å²) >= 11 is 8.80. The van der Waals surface area contributed by atoms with Gasteiger partial charge in [-0.05, 0) is 41.3 Å². The molecule has 2 nitrogen and oxygen atoms in total. The molecule has 0 spiro atoms. The number of thioether (sulfide) groups is 1. The van der Waals surface area contributed by atoms with Gasteiger partial charge in [-0.3, -0.25) is 0 Å². The molecule has 1 heterocycles. The predicted molar refractivity (Wildman–Crippen MR) is 99.8 cm³/mol. The molecule has 3 N–H and O–H groups in total. The molecule has 0 aliphatic rings. The van der Waals surface area contributed by atoms with E-state index in [1.165, 1.54) is 10.4 Å². The summed E-state index contributed by atoms with van der Waals surface area (Å²) in [6.45, 7) is 5.13. The van der Waals surface area contributed by atoms with E-state index in [-0.39, 0.29) is 0 Å². The molecule has 0 amide bonds. The van der Waals surface area contributed by atoms with E-state index >= 15 is 0 Å². The molecule has 1 aromatic carbocycles. The topological polar surface area (TPSA) is 38.0 Å². The Balaban J connectivity index is 2.23. The van der Waals surface area contributed by atoms with E-state index in [4.69, 9.17) is 18.0 Å². The van der Waals surface area contributed by atoms with Crippen LogP contribution in [0.1, 0.15) is 29.9 Å². The van der Waals surface area contributed by atoms with Crippen LogP contribution >= 0.6 is 35.3 Å². The van der Waals surface area contributed by atoms with Gasteiger partial charge in [0, 0.05) is 27.6 Å². The van der Waals surface area contributed by atoms with Gasteiger partial charge in [0.15, 0.2) is 0 Å². The Kier molecular flexibility index (Phi) is 6.08. The van der Waals surface area contributed by atoms with Crippen LogP contribution in [-0.2, 0) is 13.0 Å². The number of anilines is 1. The zero-order chi connectivity index (χ0) is 15.2. The number of hydrogen-bond acceptors (Lipinski definition) is 4. The van der Waals surface area contributed by atoms with Gasteiger partial charge in [0.2, 0.25) is 0 Å². The van der Waals surface area contributed by atoms with Crippen molar-refractivity contribution >= 4 is 46.0 Å². The molecular formula is C16H20N2S3. The van der Waals surface area contributed by atoms with E-state index in [0.717, 1.165) is 34.9 Å². The minimum atomic E-state index is 0.455. The molecule has 1 aromatic heterocycles. The summed E-state index contributed by atoms with van der Waals surface area (Å²) in [4.78, 5) is 2.98. The second-order valence-electron chi connectivity index (χ2n) is 4.55. The molecule has 2 aromatic rings. The van der Waals surface area contributed by atoms with Gasteiger partial charge in [-0.15, -0.1) is 23.1 Å². The van der Waals surface area contributed by atoms with Crippen molar-refractivity contribution in [2.24, 2.45) is 5.73 Å². The first-order valence-corrected chi connectivity index (χ1v) is 9.29. The predicted octanol–water partition coefficient (Wildman–Crippen LogP) is 4.67. The fourth-order valence-corrected chi connectivity index (χ4v) is 4.27. The highest BCUT2D eigenvalue weighted by Crippen LogP contribution is 2.29. The van der Waals surface area contributed by atoms with Crippen LogP contribution < -0.4 is 11.1 Å². The van der Waals surface area contributed by atoms with Gasteiger partial charge in [-0.1, -0.05) is 32.1 Å². The summed E-state index contributed by atoms with van der Waals surface area (Å²) in [6, 6.07) is 8.38. The second kappa shape index (κ2) is 7.82. The van der Waals surface area contributed by atoms with Crippen LogP contribution in [0.25, 0.3) is 0 Å². The smallest absolute Gasteiger partial charge is 0.107 e. The number of nitrogens with one attached hydrogen (secondary N) is 1. The first kappa shape index (κ1) is 16.3. The number of rotatable bonds is 7. The maximum absolute atomic E-state index is 5.93. The second-order valence-corrected chi connectivity index (χ2v) is 7.30. The molecule has 0 unspecified atom stereocenters. The molecule has 0 fully saturated rings. The first-order chi connectivity index (χ1) is 10.2. The normalized spacial score (nSPS) is 10.6. The van der Waals surface area contributed by atoms with E-state index in [1.54, 1.807) is 23.1 Å². The fourth-order valence-electron chi connectivity index (χ4n) is 2.22. The number of thiophene rings is 1. The highest BCUT2D eigenvalue weighted by molar-refractivity contribution is 7.99. The monoisotopic (exact) mass is 336 g/mol. The van der Waals surface area contributed by atoms with Crippen molar-refractivity contribution in [3.8, 4) is 0 Å². The van der Waals surface area contributed by atoms with Crippen molar-refractivity contribution < 1.29 is 0 Å². The van der Waals surface area contributed by atoms with Crippen LogP contribution in [0.4, 0.5) is 5.69 Å². The number of thiocarbonyl (C=S) groups is 1. The number of hydrogen-bond donors (Lipinski definition) is 2. The molecule has 0 saturated heterocycles. The highest BCUT2D eigenvalue weighted by atomic mass is 32.2. The third-order valence-corrected chi connectivity index (χ3v) is 5.34. The third kappa shape index (κ3) is 3.99. The maximum Gasteiger partial charge on any atom is 0.107 e. The van der Waals surface area contributed by atoms with E-state index in [0.29, 0.717) is 4.99 Å². The Morgan fingerprint density at radius 1 is 1.33 bits per heavy atom. The Morgan fingerprint density at radius 3 is 2.81 bits per heavy atom. The van der Waals surface area contributed by atoms with Crippen molar-refractivity contribution in [3.63, 3.8) is 0 Å². The average Bonchev–Trinajstić information content (AvgIpc) is 2.92. The minimum absolute atomic E-state index is 0.455. The van der Waals surface area contributed by atoms with Crippen LogP contribution in [-0.4, -0.2) is 10.7 Å². The lowest BCUT2D eigenvalue weighted by Crippen LogP contribution is -2.14. The van der Waals surface area contributed by atoms with Gasteiger partial charge < -0.3 is 11.1 Å². The third-order valence-electron chi connectivity index (χ3n) is 3.23. The van der Waals surface area contributed by atoms with Gasteiger partial charge in [0.25, 0.3) is 0 Å². The molecular weight excluding hydrogens is 316 g/mol. The van der Waals surface area contributed by atoms with E-state index in [2.05, 4.69) is 42.7 Å². The largest absolute Gasteiger partial charge is 0.389 e. The van der Waals surface area contributed by atoms with Crippen LogP contribution in [0.15, 0.2) is 34.5 Å². The molecule has 0 aliphatic heterocycles. The molecule has 0 saturated carbocycles. The summed E-state index contributed by atoms with van der Waals surface area (Å²) in [5.41, 5.74) is 9.33. The lowest BCUT2D eigenvalue weighted by Gasteiger charge is -2.15. The lowest BCUT2D eigenvalue weighted by molar-refractivity contribution is 1.08. The zero-order valence-corrected chi connectivity index (χ0v) is 14.8.